The van der Waals surface area contributed by atoms with Gasteiger partial charge in [-0.1, -0.05) is 11.9 Å². The van der Waals surface area contributed by atoms with E-state index in [0.29, 0.717) is 6.04 Å². The van der Waals surface area contributed by atoms with Crippen LogP contribution in [0, 0.1) is 5.82 Å². The minimum atomic E-state index is -0.234. The van der Waals surface area contributed by atoms with Crippen molar-refractivity contribution in [1.82, 2.24) is 14.5 Å². The second kappa shape index (κ2) is 8.50. The third-order valence-corrected chi connectivity index (χ3v) is 5.30. The fourth-order valence-electron chi connectivity index (χ4n) is 2.30. The summed E-state index contributed by atoms with van der Waals surface area (Å²) in [6.07, 6.45) is 4.87. The second-order valence-corrected chi connectivity index (χ2v) is 9.47. The van der Waals surface area contributed by atoms with Gasteiger partial charge in [0, 0.05) is 10.8 Å². The predicted molar refractivity (Wildman–Crippen MR) is 104 cm³/mol. The summed E-state index contributed by atoms with van der Waals surface area (Å²) in [6.45, 7) is 8.83. The van der Waals surface area contributed by atoms with Crippen LogP contribution in [-0.4, -0.2) is 20.6 Å². The molecule has 132 valence electrons. The highest BCUT2D eigenvalue weighted by Gasteiger charge is 2.14. The Kier molecular flexibility index (Phi) is 6.89. The van der Waals surface area contributed by atoms with Crippen LogP contribution < -0.4 is 4.72 Å². The number of nitrogens with one attached hydrogen (secondary N) is 1. The maximum atomic E-state index is 13.1. The van der Waals surface area contributed by atoms with Gasteiger partial charge in [-0.3, -0.25) is 4.72 Å². The van der Waals surface area contributed by atoms with Crippen molar-refractivity contribution < 1.29 is 4.39 Å². The summed E-state index contributed by atoms with van der Waals surface area (Å²) in [6, 6.07) is 6.88. The number of hydrogen-bond acceptors (Lipinski definition) is 3. The van der Waals surface area contributed by atoms with E-state index in [1.165, 1.54) is 12.1 Å². The van der Waals surface area contributed by atoms with Crippen molar-refractivity contribution in [3.05, 3.63) is 46.4 Å². The van der Waals surface area contributed by atoms with Crippen LogP contribution in [0.2, 0.25) is 0 Å². The smallest absolute Gasteiger partial charge is 0.123 e. The van der Waals surface area contributed by atoms with Crippen LogP contribution >= 0.6 is 27.9 Å². The maximum Gasteiger partial charge on any atom is 0.123 e. The zero-order valence-corrected chi connectivity index (χ0v) is 17.0. The number of nitrogens with zero attached hydrogens (tertiary/aromatic N) is 2. The van der Waals surface area contributed by atoms with Crippen LogP contribution in [0.4, 0.5) is 4.39 Å². The Morgan fingerprint density at radius 3 is 2.58 bits per heavy atom. The normalized spacial score (nSPS) is 13.2. The molecule has 0 aliphatic rings. The highest BCUT2D eigenvalue weighted by molar-refractivity contribution is 9.10. The molecule has 24 heavy (non-hydrogen) atoms. The van der Waals surface area contributed by atoms with Crippen molar-refractivity contribution in [2.24, 2.45) is 0 Å². The number of benzene rings is 1. The molecule has 6 heteroatoms. The molecule has 0 spiro atoms. The van der Waals surface area contributed by atoms with Crippen LogP contribution in [0.1, 0.15) is 46.2 Å². The molecule has 1 aromatic carbocycles. The molecule has 1 heterocycles. The molecule has 0 aliphatic heterocycles. The first-order valence-corrected chi connectivity index (χ1v) is 9.79. The summed E-state index contributed by atoms with van der Waals surface area (Å²) in [5.74, 6) is -0.234. The lowest BCUT2D eigenvalue weighted by molar-refractivity contribution is 0.580. The monoisotopic (exact) mass is 413 g/mol. The van der Waals surface area contributed by atoms with Crippen molar-refractivity contribution in [2.75, 3.05) is 0 Å². The Bertz CT molecular complexity index is 649. The van der Waals surface area contributed by atoms with E-state index in [9.17, 15) is 4.39 Å². The van der Waals surface area contributed by atoms with Crippen LogP contribution in [0.5, 0.6) is 0 Å². The van der Waals surface area contributed by atoms with Gasteiger partial charge in [-0.15, -0.1) is 0 Å². The first-order chi connectivity index (χ1) is 11.3. The summed E-state index contributed by atoms with van der Waals surface area (Å²) < 4.78 is 19.7. The summed E-state index contributed by atoms with van der Waals surface area (Å²) >= 11 is 5.36. The lowest BCUT2D eigenvalue weighted by Gasteiger charge is -2.21. The fraction of sp³-hybridized carbons (Fsp3) is 0.500. The van der Waals surface area contributed by atoms with Gasteiger partial charge in [0.2, 0.25) is 0 Å². The number of rotatable bonds is 7. The molecule has 3 nitrogen and oxygen atoms in total. The molecular weight excluding hydrogens is 389 g/mol. The van der Waals surface area contributed by atoms with Crippen LogP contribution in [-0.2, 0) is 6.42 Å². The van der Waals surface area contributed by atoms with E-state index in [1.54, 1.807) is 30.3 Å². The Morgan fingerprint density at radius 2 is 1.96 bits per heavy atom. The van der Waals surface area contributed by atoms with Gasteiger partial charge in [-0.05, 0) is 87.2 Å². The summed E-state index contributed by atoms with van der Waals surface area (Å²) in [5, 5.41) is 4.41. The molecule has 0 bridgehead atoms. The van der Waals surface area contributed by atoms with E-state index < -0.39 is 0 Å². The molecule has 0 aliphatic carbocycles. The minimum absolute atomic E-state index is 0.221. The maximum absolute atomic E-state index is 13.1. The minimum Gasteiger partial charge on any atom is -0.261 e. The molecule has 1 atom stereocenters. The Labute approximate surface area is 156 Å². The van der Waals surface area contributed by atoms with Crippen molar-refractivity contribution in [3.63, 3.8) is 0 Å². The molecule has 1 unspecified atom stereocenters. The van der Waals surface area contributed by atoms with E-state index in [4.69, 9.17) is 0 Å². The van der Waals surface area contributed by atoms with Gasteiger partial charge in [0.25, 0.3) is 0 Å². The van der Waals surface area contributed by atoms with Gasteiger partial charge in [0.1, 0.15) is 5.82 Å². The average Bonchev–Trinajstić information content (AvgIpc) is 2.87. The van der Waals surface area contributed by atoms with Gasteiger partial charge in [0.05, 0.1) is 22.1 Å². The lowest BCUT2D eigenvalue weighted by Crippen LogP contribution is -2.25. The van der Waals surface area contributed by atoms with Crippen LogP contribution in [0.15, 0.2) is 34.9 Å². The van der Waals surface area contributed by atoms with Crippen molar-refractivity contribution in [1.29, 1.82) is 0 Å². The highest BCUT2D eigenvalue weighted by Crippen LogP contribution is 2.24. The SMILES string of the molecule is CC(CCCc1c(Br)cnn1-c1ccc(F)cc1)NSC(C)(C)C. The fourth-order valence-corrected chi connectivity index (χ4v) is 3.43. The Balaban J connectivity index is 1.93. The summed E-state index contributed by atoms with van der Waals surface area (Å²) in [4.78, 5) is 0. The van der Waals surface area contributed by atoms with Crippen molar-refractivity contribution >= 4 is 27.9 Å². The zero-order chi connectivity index (χ0) is 17.7. The van der Waals surface area contributed by atoms with E-state index in [2.05, 4.69) is 53.4 Å². The number of hydrogen-bond donors (Lipinski definition) is 1. The van der Waals surface area contributed by atoms with Gasteiger partial charge in [-0.25, -0.2) is 9.07 Å². The molecule has 0 saturated carbocycles. The van der Waals surface area contributed by atoms with E-state index in [-0.39, 0.29) is 10.6 Å². The number of aromatic nitrogens is 2. The molecular formula is C18H25BrFN3S. The zero-order valence-electron chi connectivity index (χ0n) is 14.6. The highest BCUT2D eigenvalue weighted by atomic mass is 79.9. The predicted octanol–water partition coefficient (Wildman–Crippen LogP) is 5.52. The molecule has 0 saturated heterocycles. The molecule has 2 rings (SSSR count). The van der Waals surface area contributed by atoms with Gasteiger partial charge in [0.15, 0.2) is 0 Å². The molecule has 2 aromatic rings. The third-order valence-electron chi connectivity index (χ3n) is 3.51. The van der Waals surface area contributed by atoms with E-state index >= 15 is 0 Å². The molecule has 1 aromatic heterocycles. The standard InChI is InChI=1S/C18H25BrFN3S/c1-13(22-24-18(2,3)4)6-5-7-17-16(19)12-21-23(17)15-10-8-14(20)9-11-15/h8-13,22H,5-7H2,1-4H3. The van der Waals surface area contributed by atoms with E-state index in [0.717, 1.165) is 35.1 Å². The molecule has 0 amide bonds. The summed E-state index contributed by atoms with van der Waals surface area (Å²) in [5.41, 5.74) is 2.00. The van der Waals surface area contributed by atoms with Crippen molar-refractivity contribution in [3.8, 4) is 5.69 Å². The first kappa shape index (κ1) is 19.5. The topological polar surface area (TPSA) is 29.9 Å². The Hall–Kier alpha value is -0.850. The van der Waals surface area contributed by atoms with E-state index in [1.807, 2.05) is 4.68 Å². The average molecular weight is 414 g/mol. The number of halogens is 2. The molecule has 0 fully saturated rings. The molecule has 0 radical (unpaired) electrons. The van der Waals surface area contributed by atoms with Gasteiger partial charge in [-0.2, -0.15) is 5.10 Å². The quantitative estimate of drug-likeness (QED) is 0.605. The lowest BCUT2D eigenvalue weighted by atomic mass is 10.1. The molecule has 1 N–H and O–H groups in total. The third kappa shape index (κ3) is 5.90. The van der Waals surface area contributed by atoms with Crippen LogP contribution in [0.25, 0.3) is 5.69 Å². The van der Waals surface area contributed by atoms with Gasteiger partial charge < -0.3 is 0 Å². The summed E-state index contributed by atoms with van der Waals surface area (Å²) in [7, 11) is 0. The second-order valence-electron chi connectivity index (χ2n) is 6.95. The Morgan fingerprint density at radius 1 is 1.29 bits per heavy atom. The van der Waals surface area contributed by atoms with Crippen molar-refractivity contribution in [2.45, 2.75) is 57.7 Å². The van der Waals surface area contributed by atoms with Crippen LogP contribution in [0.3, 0.4) is 0 Å². The largest absolute Gasteiger partial charge is 0.261 e. The first-order valence-electron chi connectivity index (χ1n) is 8.18. The van der Waals surface area contributed by atoms with Gasteiger partial charge >= 0.3 is 0 Å².